The quantitative estimate of drug-likeness (QED) is 0.646. The molecule has 0 bridgehead atoms. The molecule has 1 fully saturated rings. The van der Waals surface area contributed by atoms with Crippen LogP contribution in [0.25, 0.3) is 0 Å². The molecule has 1 saturated heterocycles. The Morgan fingerprint density at radius 1 is 1.07 bits per heavy atom. The van der Waals surface area contributed by atoms with Crippen molar-refractivity contribution in [2.75, 3.05) is 13.1 Å². The number of alkyl halides is 3. The van der Waals surface area contributed by atoms with Gasteiger partial charge in [0.15, 0.2) is 9.84 Å². The number of likely N-dealkylation sites (tertiary alicyclic amines) is 1. The van der Waals surface area contributed by atoms with Crippen LogP contribution in [0.15, 0.2) is 47.4 Å². The van der Waals surface area contributed by atoms with E-state index in [0.29, 0.717) is 10.6 Å². The molecule has 29 heavy (non-hydrogen) atoms. The molecule has 2 aromatic carbocycles. The number of nitrogens with zero attached hydrogens (tertiary/aromatic N) is 1. The van der Waals surface area contributed by atoms with Crippen molar-refractivity contribution >= 4 is 38.9 Å². The number of carbonyl (C=O) groups excluding carboxylic acids is 1. The van der Waals surface area contributed by atoms with Crippen molar-refractivity contribution in [1.82, 2.24) is 4.90 Å². The molecule has 4 nitrogen and oxygen atoms in total. The van der Waals surface area contributed by atoms with Crippen molar-refractivity contribution in [3.8, 4) is 0 Å². The van der Waals surface area contributed by atoms with Gasteiger partial charge in [0, 0.05) is 24.5 Å². The minimum Gasteiger partial charge on any atom is -0.340 e. The first-order valence-electron chi connectivity index (χ1n) is 8.61. The zero-order valence-corrected chi connectivity index (χ0v) is 17.2. The fourth-order valence-corrected chi connectivity index (χ4v) is 5.01. The van der Waals surface area contributed by atoms with E-state index in [1.54, 1.807) is 0 Å². The van der Waals surface area contributed by atoms with E-state index in [9.17, 15) is 26.4 Å². The largest absolute Gasteiger partial charge is 0.417 e. The van der Waals surface area contributed by atoms with E-state index in [-0.39, 0.29) is 36.7 Å². The average Bonchev–Trinajstić information content (AvgIpc) is 2.59. The SMILES string of the molecule is O=C(CCc1ccc(Cl)c(C(F)(F)F)c1)N1CC(S(=O)(=O)c2ccc(Cl)cc2)C1. The lowest BCUT2D eigenvalue weighted by Crippen LogP contribution is -2.56. The summed E-state index contributed by atoms with van der Waals surface area (Å²) in [6, 6.07) is 9.33. The van der Waals surface area contributed by atoms with Crippen molar-refractivity contribution in [2.45, 2.75) is 29.2 Å². The van der Waals surface area contributed by atoms with Gasteiger partial charge in [0.05, 0.1) is 15.5 Å². The van der Waals surface area contributed by atoms with Gasteiger partial charge >= 0.3 is 6.18 Å². The van der Waals surface area contributed by atoms with E-state index in [1.807, 2.05) is 0 Å². The molecule has 0 atom stereocenters. The summed E-state index contributed by atoms with van der Waals surface area (Å²) in [5.74, 6) is -0.309. The summed E-state index contributed by atoms with van der Waals surface area (Å²) >= 11 is 11.3. The first-order chi connectivity index (χ1) is 13.5. The molecule has 0 radical (unpaired) electrons. The molecular formula is C19H16Cl2F3NO3S. The second kappa shape index (κ2) is 8.16. The number of benzene rings is 2. The van der Waals surface area contributed by atoms with Gasteiger partial charge in [-0.05, 0) is 48.4 Å². The molecule has 0 aromatic heterocycles. The maximum atomic E-state index is 12.9. The summed E-state index contributed by atoms with van der Waals surface area (Å²) < 4.78 is 63.8. The van der Waals surface area contributed by atoms with Crippen molar-refractivity contribution in [3.05, 3.63) is 63.6 Å². The summed E-state index contributed by atoms with van der Waals surface area (Å²) in [5, 5.41) is -0.684. The minimum absolute atomic E-state index is 0.0212. The molecular weight excluding hydrogens is 450 g/mol. The van der Waals surface area contributed by atoms with Gasteiger partial charge in [-0.3, -0.25) is 4.79 Å². The Labute approximate surface area is 176 Å². The fourth-order valence-electron chi connectivity index (χ4n) is 3.01. The molecule has 1 aliphatic rings. The highest BCUT2D eigenvalue weighted by Crippen LogP contribution is 2.35. The molecule has 0 unspecified atom stereocenters. The van der Waals surface area contributed by atoms with Gasteiger partial charge < -0.3 is 4.90 Å². The maximum absolute atomic E-state index is 12.9. The van der Waals surface area contributed by atoms with Crippen LogP contribution >= 0.6 is 23.2 Å². The zero-order chi connectivity index (χ0) is 21.4. The highest BCUT2D eigenvalue weighted by atomic mass is 35.5. The Balaban J connectivity index is 1.57. The number of sulfone groups is 1. The van der Waals surface area contributed by atoms with Gasteiger partial charge in [0.2, 0.25) is 5.91 Å². The van der Waals surface area contributed by atoms with Crippen molar-refractivity contribution in [1.29, 1.82) is 0 Å². The zero-order valence-electron chi connectivity index (χ0n) is 14.9. The van der Waals surface area contributed by atoms with E-state index in [1.165, 1.54) is 35.2 Å². The van der Waals surface area contributed by atoms with Crippen molar-refractivity contribution in [2.24, 2.45) is 0 Å². The molecule has 3 rings (SSSR count). The number of rotatable bonds is 5. The van der Waals surface area contributed by atoms with Gasteiger partial charge in [-0.15, -0.1) is 0 Å². The predicted molar refractivity (Wildman–Crippen MR) is 104 cm³/mol. The van der Waals surface area contributed by atoms with E-state index in [4.69, 9.17) is 23.2 Å². The van der Waals surface area contributed by atoms with Crippen LogP contribution in [0, 0.1) is 0 Å². The van der Waals surface area contributed by atoms with Crippen LogP contribution in [0.4, 0.5) is 13.2 Å². The fraction of sp³-hybridized carbons (Fsp3) is 0.316. The van der Waals surface area contributed by atoms with E-state index < -0.39 is 31.8 Å². The molecule has 1 amide bonds. The van der Waals surface area contributed by atoms with Crippen molar-refractivity contribution in [3.63, 3.8) is 0 Å². The lowest BCUT2D eigenvalue weighted by molar-refractivity contribution is -0.137. The smallest absolute Gasteiger partial charge is 0.340 e. The topological polar surface area (TPSA) is 54.5 Å². The lowest BCUT2D eigenvalue weighted by Gasteiger charge is -2.38. The number of halogens is 5. The summed E-state index contributed by atoms with van der Waals surface area (Å²) in [6.45, 7) is 0.108. The molecule has 1 heterocycles. The highest BCUT2D eigenvalue weighted by molar-refractivity contribution is 7.92. The van der Waals surface area contributed by atoms with Gasteiger partial charge in [-0.2, -0.15) is 13.2 Å². The molecule has 1 aliphatic heterocycles. The Bertz CT molecular complexity index is 1020. The van der Waals surface area contributed by atoms with E-state index in [2.05, 4.69) is 0 Å². The Morgan fingerprint density at radius 2 is 1.69 bits per heavy atom. The molecule has 0 saturated carbocycles. The van der Waals surface area contributed by atoms with Gasteiger partial charge in [-0.1, -0.05) is 29.3 Å². The van der Waals surface area contributed by atoms with Gasteiger partial charge in [-0.25, -0.2) is 8.42 Å². The second-order valence-electron chi connectivity index (χ2n) is 6.73. The van der Waals surface area contributed by atoms with Crippen LogP contribution in [-0.4, -0.2) is 37.6 Å². The third-order valence-electron chi connectivity index (χ3n) is 4.75. The van der Waals surface area contributed by atoms with Crippen LogP contribution in [0.1, 0.15) is 17.5 Å². The molecule has 0 N–H and O–H groups in total. The molecule has 156 valence electrons. The Morgan fingerprint density at radius 3 is 2.28 bits per heavy atom. The number of hydrogen-bond donors (Lipinski definition) is 0. The number of amides is 1. The monoisotopic (exact) mass is 465 g/mol. The Kier molecular flexibility index (Phi) is 6.17. The van der Waals surface area contributed by atoms with E-state index >= 15 is 0 Å². The summed E-state index contributed by atoms with van der Waals surface area (Å²) in [7, 11) is -3.57. The first kappa shape index (κ1) is 21.9. The predicted octanol–water partition coefficient (Wildman–Crippen LogP) is 4.63. The standard InChI is InChI=1S/C19H16Cl2F3NO3S/c20-13-3-5-14(6-4-13)29(27,28)15-10-25(11-15)18(26)8-2-12-1-7-17(21)16(9-12)19(22,23)24/h1,3-7,9,15H,2,8,10-11H2. The third kappa shape index (κ3) is 4.87. The van der Waals surface area contributed by atoms with Crippen LogP contribution in [0.5, 0.6) is 0 Å². The van der Waals surface area contributed by atoms with E-state index in [0.717, 1.165) is 12.1 Å². The summed E-state index contributed by atoms with van der Waals surface area (Å²) in [6.07, 6.45) is -4.49. The summed E-state index contributed by atoms with van der Waals surface area (Å²) in [5.41, 5.74) is -0.608. The molecule has 10 heteroatoms. The van der Waals surface area contributed by atoms with Crippen LogP contribution < -0.4 is 0 Å². The lowest BCUT2D eigenvalue weighted by atomic mass is 10.0. The van der Waals surface area contributed by atoms with Crippen LogP contribution in [0.2, 0.25) is 10.0 Å². The highest BCUT2D eigenvalue weighted by Gasteiger charge is 2.40. The summed E-state index contributed by atoms with van der Waals surface area (Å²) in [4.78, 5) is 13.8. The average molecular weight is 466 g/mol. The molecule has 0 aliphatic carbocycles. The van der Waals surface area contributed by atoms with Gasteiger partial charge in [0.25, 0.3) is 0 Å². The maximum Gasteiger partial charge on any atom is 0.417 e. The molecule has 0 spiro atoms. The number of aryl methyl sites for hydroxylation is 1. The van der Waals surface area contributed by atoms with Crippen molar-refractivity contribution < 1.29 is 26.4 Å². The molecule has 2 aromatic rings. The Hall–Kier alpha value is -1.77. The minimum atomic E-state index is -4.57. The van der Waals surface area contributed by atoms with Crippen LogP contribution in [0.3, 0.4) is 0 Å². The second-order valence-corrected chi connectivity index (χ2v) is 9.80. The third-order valence-corrected chi connectivity index (χ3v) is 7.43. The number of carbonyl (C=O) groups is 1. The first-order valence-corrected chi connectivity index (χ1v) is 10.9. The number of hydrogen-bond acceptors (Lipinski definition) is 3. The van der Waals surface area contributed by atoms with Gasteiger partial charge in [0.1, 0.15) is 5.25 Å². The normalized spacial score (nSPS) is 15.3. The van der Waals surface area contributed by atoms with Crippen LogP contribution in [-0.2, 0) is 27.2 Å².